The molecule has 0 unspecified atom stereocenters. The molecule has 0 bridgehead atoms. The van der Waals surface area contributed by atoms with Crippen LogP contribution in [0.2, 0.25) is 0 Å². The highest BCUT2D eigenvalue weighted by molar-refractivity contribution is 6.01. The average Bonchev–Trinajstić information content (AvgIpc) is 2.76. The molecule has 1 aliphatic carbocycles. The van der Waals surface area contributed by atoms with Crippen LogP contribution >= 0.6 is 0 Å². The van der Waals surface area contributed by atoms with Gasteiger partial charge in [0.2, 0.25) is 0 Å². The van der Waals surface area contributed by atoms with Crippen LogP contribution in [0.5, 0.6) is 0 Å². The van der Waals surface area contributed by atoms with Crippen molar-refractivity contribution in [1.29, 1.82) is 0 Å². The SMILES string of the molecule is CC1(C)C=CC2=C(CCC2=O)N1Cc1ccccc1. The summed E-state index contributed by atoms with van der Waals surface area (Å²) in [5.74, 6) is 0.291. The second-order valence-corrected chi connectivity index (χ2v) is 5.84. The van der Waals surface area contributed by atoms with Crippen LogP contribution in [0.25, 0.3) is 0 Å². The van der Waals surface area contributed by atoms with Gasteiger partial charge >= 0.3 is 0 Å². The fourth-order valence-electron chi connectivity index (χ4n) is 2.92. The number of carbonyl (C=O) groups excluding carboxylic acids is 1. The topological polar surface area (TPSA) is 20.3 Å². The van der Waals surface area contributed by atoms with E-state index in [0.29, 0.717) is 12.2 Å². The largest absolute Gasteiger partial charge is 0.361 e. The van der Waals surface area contributed by atoms with Crippen LogP contribution in [0.4, 0.5) is 0 Å². The van der Waals surface area contributed by atoms with Gasteiger partial charge in [0.25, 0.3) is 0 Å². The van der Waals surface area contributed by atoms with E-state index in [1.54, 1.807) is 0 Å². The third kappa shape index (κ3) is 2.12. The van der Waals surface area contributed by atoms with Crippen molar-refractivity contribution in [3.63, 3.8) is 0 Å². The maximum absolute atomic E-state index is 11.9. The standard InChI is InChI=1S/C17H19NO/c1-17(2)11-10-14-15(8-9-16(14)19)18(17)12-13-6-4-3-5-7-13/h3-7,10-11H,8-9,12H2,1-2H3. The molecule has 0 spiro atoms. The number of carbonyl (C=O) groups is 1. The molecule has 0 radical (unpaired) electrons. The van der Waals surface area contributed by atoms with Crippen molar-refractivity contribution in [2.45, 2.75) is 38.8 Å². The minimum absolute atomic E-state index is 0.0285. The Morgan fingerprint density at radius 3 is 2.63 bits per heavy atom. The number of hydrogen-bond donors (Lipinski definition) is 0. The van der Waals surface area contributed by atoms with Gasteiger partial charge in [0, 0.05) is 24.2 Å². The Bertz CT molecular complexity index is 566. The number of rotatable bonds is 2. The van der Waals surface area contributed by atoms with Crippen LogP contribution < -0.4 is 0 Å². The van der Waals surface area contributed by atoms with Crippen LogP contribution in [-0.4, -0.2) is 16.2 Å². The van der Waals surface area contributed by atoms with Crippen molar-refractivity contribution in [2.24, 2.45) is 0 Å². The molecule has 1 aromatic carbocycles. The van der Waals surface area contributed by atoms with Crippen LogP contribution in [0.1, 0.15) is 32.3 Å². The second-order valence-electron chi connectivity index (χ2n) is 5.84. The number of Topliss-reactive ketones (excluding diaryl/α,β-unsaturated/α-hetero) is 1. The molecule has 19 heavy (non-hydrogen) atoms. The zero-order chi connectivity index (χ0) is 13.5. The Balaban J connectivity index is 1.95. The van der Waals surface area contributed by atoms with E-state index in [4.69, 9.17) is 0 Å². The molecule has 0 amide bonds. The molecule has 0 atom stereocenters. The first kappa shape index (κ1) is 12.2. The summed E-state index contributed by atoms with van der Waals surface area (Å²) in [5, 5.41) is 0. The van der Waals surface area contributed by atoms with E-state index in [9.17, 15) is 4.79 Å². The van der Waals surface area contributed by atoms with Crippen molar-refractivity contribution in [2.75, 3.05) is 0 Å². The lowest BCUT2D eigenvalue weighted by atomic mass is 9.94. The van der Waals surface area contributed by atoms with Gasteiger partial charge < -0.3 is 4.90 Å². The molecule has 1 heterocycles. The summed E-state index contributed by atoms with van der Waals surface area (Å²) >= 11 is 0. The van der Waals surface area contributed by atoms with Crippen molar-refractivity contribution >= 4 is 5.78 Å². The van der Waals surface area contributed by atoms with E-state index in [2.05, 4.69) is 49.1 Å². The molecule has 1 aliphatic heterocycles. The van der Waals surface area contributed by atoms with Crippen molar-refractivity contribution in [3.8, 4) is 0 Å². The van der Waals surface area contributed by atoms with Crippen molar-refractivity contribution in [1.82, 2.24) is 4.90 Å². The molecule has 2 nitrogen and oxygen atoms in total. The maximum atomic E-state index is 11.9. The lowest BCUT2D eigenvalue weighted by molar-refractivity contribution is -0.114. The van der Waals surface area contributed by atoms with Crippen LogP contribution in [0, 0.1) is 0 Å². The molecule has 1 aromatic rings. The van der Waals surface area contributed by atoms with Gasteiger partial charge in [-0.25, -0.2) is 0 Å². The highest BCUT2D eigenvalue weighted by Gasteiger charge is 2.35. The van der Waals surface area contributed by atoms with E-state index in [-0.39, 0.29) is 5.54 Å². The quantitative estimate of drug-likeness (QED) is 0.804. The second kappa shape index (κ2) is 4.37. The molecule has 98 valence electrons. The molecule has 0 saturated heterocycles. The number of benzene rings is 1. The smallest absolute Gasteiger partial charge is 0.164 e. The van der Waals surface area contributed by atoms with Gasteiger partial charge in [-0.05, 0) is 25.8 Å². The van der Waals surface area contributed by atoms with Gasteiger partial charge in [0.1, 0.15) is 0 Å². The van der Waals surface area contributed by atoms with Gasteiger partial charge in [0.15, 0.2) is 5.78 Å². The monoisotopic (exact) mass is 253 g/mol. The predicted molar refractivity (Wildman–Crippen MR) is 76.5 cm³/mol. The average molecular weight is 253 g/mol. The van der Waals surface area contributed by atoms with Crippen LogP contribution in [-0.2, 0) is 11.3 Å². The van der Waals surface area contributed by atoms with Crippen molar-refractivity contribution < 1.29 is 4.79 Å². The molecule has 0 saturated carbocycles. The molecule has 2 aliphatic rings. The summed E-state index contributed by atoms with van der Waals surface area (Å²) in [4.78, 5) is 14.3. The van der Waals surface area contributed by atoms with Crippen molar-refractivity contribution in [3.05, 3.63) is 59.3 Å². The highest BCUT2D eigenvalue weighted by Crippen LogP contribution is 2.37. The third-order valence-corrected chi connectivity index (χ3v) is 4.06. The summed E-state index contributed by atoms with van der Waals surface area (Å²) in [6.07, 6.45) is 5.72. The summed E-state index contributed by atoms with van der Waals surface area (Å²) in [6, 6.07) is 10.5. The molecule has 3 rings (SSSR count). The van der Waals surface area contributed by atoms with E-state index in [0.717, 1.165) is 18.5 Å². The van der Waals surface area contributed by atoms with Gasteiger partial charge in [-0.15, -0.1) is 0 Å². The fourth-order valence-corrected chi connectivity index (χ4v) is 2.92. The molecular formula is C17H19NO. The Morgan fingerprint density at radius 1 is 1.16 bits per heavy atom. The summed E-state index contributed by atoms with van der Waals surface area (Å²) in [6.45, 7) is 5.28. The molecule has 0 N–H and O–H groups in total. The molecule has 0 fully saturated rings. The van der Waals surface area contributed by atoms with E-state index in [1.807, 2.05) is 12.1 Å². The lowest BCUT2D eigenvalue weighted by Crippen LogP contribution is -2.42. The number of allylic oxidation sites excluding steroid dienone is 3. The normalized spacial score (nSPS) is 20.9. The first-order valence-corrected chi connectivity index (χ1v) is 6.85. The third-order valence-electron chi connectivity index (χ3n) is 4.06. The Morgan fingerprint density at radius 2 is 1.89 bits per heavy atom. The van der Waals surface area contributed by atoms with Gasteiger partial charge in [-0.2, -0.15) is 0 Å². The Kier molecular flexibility index (Phi) is 2.81. The minimum Gasteiger partial charge on any atom is -0.361 e. The zero-order valence-electron chi connectivity index (χ0n) is 11.5. The number of ketones is 1. The molecule has 2 heteroatoms. The molecule has 0 aromatic heterocycles. The van der Waals surface area contributed by atoms with Gasteiger partial charge in [-0.3, -0.25) is 4.79 Å². The van der Waals surface area contributed by atoms with E-state index < -0.39 is 0 Å². The zero-order valence-corrected chi connectivity index (χ0v) is 11.5. The first-order valence-electron chi connectivity index (χ1n) is 6.85. The predicted octanol–water partition coefficient (Wildman–Crippen LogP) is 3.45. The summed E-state index contributed by atoms with van der Waals surface area (Å²) in [7, 11) is 0. The minimum atomic E-state index is -0.0285. The highest BCUT2D eigenvalue weighted by atomic mass is 16.1. The Labute approximate surface area is 114 Å². The summed E-state index contributed by atoms with van der Waals surface area (Å²) < 4.78 is 0. The summed E-state index contributed by atoms with van der Waals surface area (Å²) in [5.41, 5.74) is 3.41. The van der Waals surface area contributed by atoms with E-state index in [1.165, 1.54) is 11.3 Å². The van der Waals surface area contributed by atoms with Crippen LogP contribution in [0.15, 0.2) is 53.8 Å². The fraction of sp³-hybridized carbons (Fsp3) is 0.353. The van der Waals surface area contributed by atoms with Crippen LogP contribution in [0.3, 0.4) is 0 Å². The number of hydrogen-bond acceptors (Lipinski definition) is 2. The first-order chi connectivity index (χ1) is 9.08. The Hall–Kier alpha value is -1.83. The van der Waals surface area contributed by atoms with E-state index >= 15 is 0 Å². The van der Waals surface area contributed by atoms with Gasteiger partial charge in [-0.1, -0.05) is 42.5 Å². The lowest BCUT2D eigenvalue weighted by Gasteiger charge is -2.42. The maximum Gasteiger partial charge on any atom is 0.164 e. The van der Waals surface area contributed by atoms with Gasteiger partial charge in [0.05, 0.1) is 5.54 Å². The molecular weight excluding hydrogens is 234 g/mol. The number of nitrogens with zero attached hydrogens (tertiary/aromatic N) is 1.